The Balaban J connectivity index is 2.47. The predicted molar refractivity (Wildman–Crippen MR) is 70.0 cm³/mol. The number of nitrogens with one attached hydrogen (secondary N) is 2. The van der Waals surface area contributed by atoms with Crippen LogP contribution in [0.2, 0.25) is 0 Å². The average molecular weight is 301 g/mol. The molecule has 1 heterocycles. The number of benzene rings is 1. The molecule has 0 saturated carbocycles. The molecule has 0 aliphatic carbocycles. The third-order valence-corrected chi connectivity index (χ3v) is 4.45. The lowest BCUT2D eigenvalue weighted by atomic mass is 10.2. The minimum absolute atomic E-state index is 0.0714. The Hall–Kier alpha value is -1.96. The van der Waals surface area contributed by atoms with Gasteiger partial charge in [-0.2, -0.15) is 5.10 Å². The fraction of sp³-hybridized carbons (Fsp3) is 0.250. The maximum Gasteiger partial charge on any atom is 0.265 e. The summed E-state index contributed by atoms with van der Waals surface area (Å²) in [6.07, 6.45) is 0. The van der Waals surface area contributed by atoms with E-state index in [4.69, 9.17) is 0 Å². The Morgan fingerprint density at radius 2 is 1.80 bits per heavy atom. The number of anilines is 1. The molecule has 0 amide bonds. The quantitative estimate of drug-likeness (QED) is 0.914. The van der Waals surface area contributed by atoms with Crippen LogP contribution in [0.1, 0.15) is 17.0 Å². The van der Waals surface area contributed by atoms with Crippen molar-refractivity contribution in [2.45, 2.75) is 25.7 Å². The second-order valence-electron chi connectivity index (χ2n) is 4.45. The lowest BCUT2D eigenvalue weighted by Crippen LogP contribution is -2.16. The fourth-order valence-electron chi connectivity index (χ4n) is 1.86. The molecule has 1 aromatic heterocycles. The highest BCUT2D eigenvalue weighted by Crippen LogP contribution is 2.24. The Labute approximate surface area is 115 Å². The van der Waals surface area contributed by atoms with Crippen LogP contribution in [0.25, 0.3) is 0 Å². The van der Waals surface area contributed by atoms with Gasteiger partial charge in [0.1, 0.15) is 16.5 Å². The molecule has 0 fully saturated rings. The first kappa shape index (κ1) is 14.4. The molecule has 0 spiro atoms. The molecular weight excluding hydrogens is 288 g/mol. The molecule has 108 valence electrons. The summed E-state index contributed by atoms with van der Waals surface area (Å²) in [5.74, 6) is -1.53. The molecule has 2 rings (SSSR count). The standard InChI is InChI=1S/C12H13F2N3O2S/c1-6-4-10(14)11(5-9(6)13)17-20(18,19)12-7(2)15-16-8(12)3/h4-5,17H,1-3H3,(H,15,16). The van der Waals surface area contributed by atoms with E-state index in [0.717, 1.165) is 12.1 Å². The Bertz CT molecular complexity index is 750. The lowest BCUT2D eigenvalue weighted by molar-refractivity contribution is 0.590. The van der Waals surface area contributed by atoms with Crippen molar-refractivity contribution in [1.29, 1.82) is 0 Å². The Morgan fingerprint density at radius 1 is 1.15 bits per heavy atom. The Morgan fingerprint density at radius 3 is 2.35 bits per heavy atom. The van der Waals surface area contributed by atoms with E-state index in [-0.39, 0.29) is 16.2 Å². The van der Waals surface area contributed by atoms with Gasteiger partial charge in [0.25, 0.3) is 10.0 Å². The number of aromatic nitrogens is 2. The van der Waals surface area contributed by atoms with Crippen LogP contribution in [-0.2, 0) is 10.0 Å². The summed E-state index contributed by atoms with van der Waals surface area (Å²) in [6.45, 7) is 4.42. The highest BCUT2D eigenvalue weighted by molar-refractivity contribution is 7.92. The maximum atomic E-state index is 13.7. The number of aromatic amines is 1. The van der Waals surface area contributed by atoms with Crippen molar-refractivity contribution >= 4 is 15.7 Å². The summed E-state index contributed by atoms with van der Waals surface area (Å²) in [5, 5.41) is 6.29. The highest BCUT2D eigenvalue weighted by atomic mass is 32.2. The summed E-state index contributed by atoms with van der Waals surface area (Å²) in [4.78, 5) is -0.0714. The minimum atomic E-state index is -4.03. The van der Waals surface area contributed by atoms with Crippen LogP contribution in [-0.4, -0.2) is 18.6 Å². The molecule has 2 aromatic rings. The zero-order chi connectivity index (χ0) is 15.1. The third kappa shape index (κ3) is 2.51. The van der Waals surface area contributed by atoms with Gasteiger partial charge in [-0.3, -0.25) is 9.82 Å². The number of hydrogen-bond donors (Lipinski definition) is 2. The van der Waals surface area contributed by atoms with Crippen molar-refractivity contribution in [3.05, 3.63) is 40.7 Å². The van der Waals surface area contributed by atoms with Crippen LogP contribution in [0.3, 0.4) is 0 Å². The smallest absolute Gasteiger partial charge is 0.265 e. The van der Waals surface area contributed by atoms with Crippen LogP contribution in [0.15, 0.2) is 17.0 Å². The molecule has 1 aromatic carbocycles. The zero-order valence-electron chi connectivity index (χ0n) is 11.1. The number of sulfonamides is 1. The summed E-state index contributed by atoms with van der Waals surface area (Å²) in [6, 6.07) is 1.75. The number of H-pyrrole nitrogens is 1. The van der Waals surface area contributed by atoms with E-state index in [2.05, 4.69) is 10.2 Å². The van der Waals surface area contributed by atoms with E-state index in [1.165, 1.54) is 20.8 Å². The maximum absolute atomic E-state index is 13.7. The van der Waals surface area contributed by atoms with Crippen LogP contribution in [0, 0.1) is 32.4 Å². The average Bonchev–Trinajstić information content (AvgIpc) is 2.66. The zero-order valence-corrected chi connectivity index (χ0v) is 11.9. The monoisotopic (exact) mass is 301 g/mol. The summed E-state index contributed by atoms with van der Waals surface area (Å²) in [5.41, 5.74) is 0.236. The van der Waals surface area contributed by atoms with Gasteiger partial charge in [-0.15, -0.1) is 0 Å². The van der Waals surface area contributed by atoms with Crippen LogP contribution in [0.4, 0.5) is 14.5 Å². The normalized spacial score (nSPS) is 11.7. The first-order chi connectivity index (χ1) is 9.22. The SMILES string of the molecule is Cc1cc(F)c(NS(=O)(=O)c2c(C)n[nH]c2C)cc1F. The molecule has 0 saturated heterocycles. The van der Waals surface area contributed by atoms with Crippen LogP contribution in [0.5, 0.6) is 0 Å². The molecule has 0 atom stereocenters. The van der Waals surface area contributed by atoms with Gasteiger partial charge in [0.15, 0.2) is 0 Å². The summed E-state index contributed by atoms with van der Waals surface area (Å²) < 4.78 is 53.5. The molecule has 0 unspecified atom stereocenters. The number of nitrogens with zero attached hydrogens (tertiary/aromatic N) is 1. The van der Waals surface area contributed by atoms with Gasteiger partial charge >= 0.3 is 0 Å². The molecule has 5 nitrogen and oxygen atoms in total. The van der Waals surface area contributed by atoms with Crippen molar-refractivity contribution < 1.29 is 17.2 Å². The predicted octanol–water partition coefficient (Wildman–Crippen LogP) is 2.41. The molecule has 0 aliphatic heterocycles. The number of hydrogen-bond acceptors (Lipinski definition) is 3. The molecule has 0 aliphatic rings. The number of aryl methyl sites for hydroxylation is 3. The second-order valence-corrected chi connectivity index (χ2v) is 6.07. The van der Waals surface area contributed by atoms with E-state index in [9.17, 15) is 17.2 Å². The van der Waals surface area contributed by atoms with Gasteiger partial charge in [-0.1, -0.05) is 0 Å². The topological polar surface area (TPSA) is 74.8 Å². The van der Waals surface area contributed by atoms with Crippen LogP contribution < -0.4 is 4.72 Å². The molecular formula is C12H13F2N3O2S. The Kier molecular flexibility index (Phi) is 3.51. The van der Waals surface area contributed by atoms with Gasteiger partial charge in [-0.05, 0) is 32.4 Å². The van der Waals surface area contributed by atoms with Gasteiger partial charge in [0.05, 0.1) is 17.1 Å². The first-order valence-electron chi connectivity index (χ1n) is 5.72. The summed E-state index contributed by atoms with van der Waals surface area (Å²) >= 11 is 0. The van der Waals surface area contributed by atoms with Crippen molar-refractivity contribution in [1.82, 2.24) is 10.2 Å². The van der Waals surface area contributed by atoms with Crippen molar-refractivity contribution in [3.63, 3.8) is 0 Å². The summed E-state index contributed by atoms with van der Waals surface area (Å²) in [7, 11) is -4.03. The van der Waals surface area contributed by atoms with E-state index < -0.39 is 27.3 Å². The van der Waals surface area contributed by atoms with Crippen LogP contribution >= 0.6 is 0 Å². The van der Waals surface area contributed by atoms with Crippen molar-refractivity contribution in [2.24, 2.45) is 0 Å². The van der Waals surface area contributed by atoms with E-state index in [1.807, 2.05) is 4.72 Å². The van der Waals surface area contributed by atoms with Crippen molar-refractivity contribution in [3.8, 4) is 0 Å². The van der Waals surface area contributed by atoms with Gasteiger partial charge in [0.2, 0.25) is 0 Å². The van der Waals surface area contributed by atoms with Crippen molar-refractivity contribution in [2.75, 3.05) is 4.72 Å². The van der Waals surface area contributed by atoms with Gasteiger partial charge in [-0.25, -0.2) is 17.2 Å². The van der Waals surface area contributed by atoms with Gasteiger partial charge < -0.3 is 0 Å². The largest absolute Gasteiger partial charge is 0.281 e. The molecule has 0 radical (unpaired) electrons. The fourth-order valence-corrected chi connectivity index (χ4v) is 3.29. The molecule has 0 bridgehead atoms. The van der Waals surface area contributed by atoms with E-state index in [0.29, 0.717) is 5.69 Å². The second kappa shape index (κ2) is 4.86. The molecule has 8 heteroatoms. The van der Waals surface area contributed by atoms with E-state index >= 15 is 0 Å². The third-order valence-electron chi connectivity index (χ3n) is 2.82. The number of halogens is 2. The number of rotatable bonds is 3. The lowest BCUT2D eigenvalue weighted by Gasteiger charge is -2.10. The highest BCUT2D eigenvalue weighted by Gasteiger charge is 2.23. The van der Waals surface area contributed by atoms with Gasteiger partial charge in [0, 0.05) is 6.07 Å². The first-order valence-corrected chi connectivity index (χ1v) is 7.20. The molecule has 2 N–H and O–H groups in total. The minimum Gasteiger partial charge on any atom is -0.281 e. The van der Waals surface area contributed by atoms with E-state index in [1.54, 1.807) is 0 Å². The molecule has 20 heavy (non-hydrogen) atoms.